The van der Waals surface area contributed by atoms with Crippen LogP contribution in [-0.2, 0) is 4.79 Å². The number of amides is 1. The van der Waals surface area contributed by atoms with E-state index in [-0.39, 0.29) is 5.57 Å². The lowest BCUT2D eigenvalue weighted by atomic mass is 10.1. The second-order valence-corrected chi connectivity index (χ2v) is 5.34. The Kier molecular flexibility index (Phi) is 5.58. The van der Waals surface area contributed by atoms with Crippen LogP contribution in [0.15, 0.2) is 54.1 Å². The number of carbonyl (C=O) groups excluding carboxylic acids is 1. The van der Waals surface area contributed by atoms with Gasteiger partial charge in [-0.2, -0.15) is 5.26 Å². The van der Waals surface area contributed by atoms with Crippen LogP contribution < -0.4 is 15.0 Å². The molecule has 0 radical (unpaired) electrons. The summed E-state index contributed by atoms with van der Waals surface area (Å²) in [4.78, 5) is 14.2. The summed E-state index contributed by atoms with van der Waals surface area (Å²) >= 11 is 0. The number of anilines is 2. The van der Waals surface area contributed by atoms with E-state index in [1.165, 1.54) is 0 Å². The quantitative estimate of drug-likeness (QED) is 0.678. The summed E-state index contributed by atoms with van der Waals surface area (Å²) < 4.78 is 5.08. The van der Waals surface area contributed by atoms with Gasteiger partial charge in [0.15, 0.2) is 0 Å². The molecule has 2 aromatic carbocycles. The van der Waals surface area contributed by atoms with Crippen molar-refractivity contribution in [2.45, 2.75) is 0 Å². The van der Waals surface area contributed by atoms with Gasteiger partial charge < -0.3 is 15.0 Å². The Hall–Kier alpha value is -3.26. The predicted octanol–water partition coefficient (Wildman–Crippen LogP) is 3.31. The SMILES string of the molecule is COc1ccc(/C=C(\C#N)C(=O)Nc2ccc(N(C)C)cc2)cc1. The van der Waals surface area contributed by atoms with E-state index >= 15 is 0 Å². The molecule has 0 aliphatic carbocycles. The highest BCUT2D eigenvalue weighted by Crippen LogP contribution is 2.17. The number of nitrogens with one attached hydrogen (secondary N) is 1. The highest BCUT2D eigenvalue weighted by atomic mass is 16.5. The molecule has 24 heavy (non-hydrogen) atoms. The van der Waals surface area contributed by atoms with Crippen molar-refractivity contribution in [3.05, 3.63) is 59.7 Å². The Balaban J connectivity index is 2.13. The number of nitriles is 1. The second-order valence-electron chi connectivity index (χ2n) is 5.34. The fourth-order valence-electron chi connectivity index (χ4n) is 2.06. The fourth-order valence-corrected chi connectivity index (χ4v) is 2.06. The molecule has 2 rings (SSSR count). The van der Waals surface area contributed by atoms with Gasteiger partial charge in [-0.3, -0.25) is 4.79 Å². The minimum atomic E-state index is -0.439. The minimum absolute atomic E-state index is 0.0388. The number of rotatable bonds is 5. The molecule has 0 unspecified atom stereocenters. The molecule has 0 atom stereocenters. The lowest BCUT2D eigenvalue weighted by Gasteiger charge is -2.12. The maximum atomic E-state index is 12.3. The predicted molar refractivity (Wildman–Crippen MR) is 96.0 cm³/mol. The molecule has 0 bridgehead atoms. The van der Waals surface area contributed by atoms with E-state index in [0.29, 0.717) is 5.69 Å². The van der Waals surface area contributed by atoms with Crippen LogP contribution in [0.25, 0.3) is 6.08 Å². The summed E-state index contributed by atoms with van der Waals surface area (Å²) in [5.74, 6) is 0.280. The van der Waals surface area contributed by atoms with Crippen molar-refractivity contribution in [1.29, 1.82) is 5.26 Å². The Bertz CT molecular complexity index is 770. The number of carbonyl (C=O) groups is 1. The molecule has 1 amide bonds. The summed E-state index contributed by atoms with van der Waals surface area (Å²) in [6.07, 6.45) is 1.54. The molecular formula is C19H19N3O2. The first kappa shape index (κ1) is 17.1. The van der Waals surface area contributed by atoms with Crippen LogP contribution in [0.3, 0.4) is 0 Å². The van der Waals surface area contributed by atoms with E-state index in [1.54, 1.807) is 49.6 Å². The van der Waals surface area contributed by atoms with Gasteiger partial charge in [0.05, 0.1) is 7.11 Å². The summed E-state index contributed by atoms with van der Waals surface area (Å²) in [5.41, 5.74) is 2.46. The Morgan fingerprint density at radius 2 is 1.75 bits per heavy atom. The molecule has 5 heteroatoms. The third-order valence-electron chi connectivity index (χ3n) is 3.43. The largest absolute Gasteiger partial charge is 0.497 e. The topological polar surface area (TPSA) is 65.4 Å². The molecule has 0 aromatic heterocycles. The monoisotopic (exact) mass is 321 g/mol. The average Bonchev–Trinajstić information content (AvgIpc) is 2.60. The summed E-state index contributed by atoms with van der Waals surface area (Å²) in [6.45, 7) is 0. The van der Waals surface area contributed by atoms with Crippen molar-refractivity contribution in [2.75, 3.05) is 31.4 Å². The molecule has 0 saturated heterocycles. The van der Waals surface area contributed by atoms with Crippen LogP contribution in [0.5, 0.6) is 5.75 Å². The first-order chi connectivity index (χ1) is 11.5. The Labute approximate surface area is 141 Å². The van der Waals surface area contributed by atoms with E-state index in [0.717, 1.165) is 17.0 Å². The van der Waals surface area contributed by atoms with Crippen molar-refractivity contribution in [3.8, 4) is 11.8 Å². The van der Waals surface area contributed by atoms with Gasteiger partial charge in [0.1, 0.15) is 17.4 Å². The lowest BCUT2D eigenvalue weighted by molar-refractivity contribution is -0.112. The zero-order chi connectivity index (χ0) is 17.5. The smallest absolute Gasteiger partial charge is 0.266 e. The molecule has 0 saturated carbocycles. The van der Waals surface area contributed by atoms with Gasteiger partial charge in [-0.15, -0.1) is 0 Å². The van der Waals surface area contributed by atoms with E-state index < -0.39 is 5.91 Å². The van der Waals surface area contributed by atoms with Gasteiger partial charge in [0.2, 0.25) is 0 Å². The lowest BCUT2D eigenvalue weighted by Crippen LogP contribution is -2.14. The zero-order valence-corrected chi connectivity index (χ0v) is 13.9. The van der Waals surface area contributed by atoms with Crippen molar-refractivity contribution < 1.29 is 9.53 Å². The average molecular weight is 321 g/mol. The van der Waals surface area contributed by atoms with Crippen LogP contribution >= 0.6 is 0 Å². The van der Waals surface area contributed by atoms with Crippen molar-refractivity contribution in [1.82, 2.24) is 0 Å². The van der Waals surface area contributed by atoms with Crippen molar-refractivity contribution in [2.24, 2.45) is 0 Å². The number of ether oxygens (including phenoxy) is 1. The highest BCUT2D eigenvalue weighted by Gasteiger charge is 2.09. The molecule has 0 spiro atoms. The van der Waals surface area contributed by atoms with Gasteiger partial charge >= 0.3 is 0 Å². The summed E-state index contributed by atoms with van der Waals surface area (Å²) in [5, 5.41) is 12.0. The first-order valence-electron chi connectivity index (χ1n) is 7.38. The van der Waals surface area contributed by atoms with E-state index in [1.807, 2.05) is 37.2 Å². The van der Waals surface area contributed by atoms with Crippen LogP contribution in [-0.4, -0.2) is 27.1 Å². The van der Waals surface area contributed by atoms with E-state index in [9.17, 15) is 10.1 Å². The zero-order valence-electron chi connectivity index (χ0n) is 13.9. The Morgan fingerprint density at radius 1 is 1.12 bits per heavy atom. The molecule has 2 aromatic rings. The van der Waals surface area contributed by atoms with Crippen molar-refractivity contribution in [3.63, 3.8) is 0 Å². The summed E-state index contributed by atoms with van der Waals surface area (Å²) in [7, 11) is 5.47. The number of hydrogen-bond acceptors (Lipinski definition) is 4. The standard InChI is InChI=1S/C19H19N3O2/c1-22(2)17-8-6-16(7-9-17)21-19(23)15(13-20)12-14-4-10-18(24-3)11-5-14/h4-12H,1-3H3,(H,21,23)/b15-12+. The molecule has 0 aliphatic heterocycles. The van der Waals surface area contributed by atoms with Crippen LogP contribution in [0.2, 0.25) is 0 Å². The van der Waals surface area contributed by atoms with Gasteiger partial charge in [0.25, 0.3) is 5.91 Å². The number of nitrogens with zero attached hydrogens (tertiary/aromatic N) is 2. The van der Waals surface area contributed by atoms with E-state index in [4.69, 9.17) is 4.74 Å². The third kappa shape index (κ3) is 4.37. The maximum absolute atomic E-state index is 12.3. The summed E-state index contributed by atoms with van der Waals surface area (Å²) in [6, 6.07) is 16.5. The van der Waals surface area contributed by atoms with Crippen LogP contribution in [0.4, 0.5) is 11.4 Å². The molecule has 1 N–H and O–H groups in total. The number of methoxy groups -OCH3 is 1. The van der Waals surface area contributed by atoms with E-state index in [2.05, 4.69) is 5.32 Å². The molecule has 0 fully saturated rings. The maximum Gasteiger partial charge on any atom is 0.266 e. The van der Waals surface area contributed by atoms with Gasteiger partial charge in [-0.25, -0.2) is 0 Å². The third-order valence-corrected chi connectivity index (χ3v) is 3.43. The molecule has 0 aliphatic rings. The van der Waals surface area contributed by atoms with Gasteiger partial charge in [-0.05, 0) is 48.0 Å². The molecule has 5 nitrogen and oxygen atoms in total. The number of benzene rings is 2. The molecular weight excluding hydrogens is 302 g/mol. The second kappa shape index (κ2) is 7.84. The Morgan fingerprint density at radius 3 is 2.25 bits per heavy atom. The normalized spacial score (nSPS) is 10.7. The van der Waals surface area contributed by atoms with Gasteiger partial charge in [-0.1, -0.05) is 12.1 Å². The van der Waals surface area contributed by atoms with Crippen molar-refractivity contribution >= 4 is 23.4 Å². The van der Waals surface area contributed by atoms with Gasteiger partial charge in [0, 0.05) is 25.5 Å². The minimum Gasteiger partial charge on any atom is -0.497 e. The first-order valence-corrected chi connectivity index (χ1v) is 7.38. The van der Waals surface area contributed by atoms with Crippen LogP contribution in [0.1, 0.15) is 5.56 Å². The molecule has 122 valence electrons. The number of hydrogen-bond donors (Lipinski definition) is 1. The fraction of sp³-hybridized carbons (Fsp3) is 0.158. The highest BCUT2D eigenvalue weighted by molar-refractivity contribution is 6.09. The van der Waals surface area contributed by atoms with Crippen LogP contribution in [0, 0.1) is 11.3 Å². The molecule has 0 heterocycles.